The van der Waals surface area contributed by atoms with Gasteiger partial charge in [-0.25, -0.2) is 15.0 Å². The number of nitrogens with zero attached hydrogens (tertiary/aromatic N) is 4. The first kappa shape index (κ1) is 32.7. The Bertz CT molecular complexity index is 3190. The summed E-state index contributed by atoms with van der Waals surface area (Å²) in [5.41, 5.74) is 13.7. The van der Waals surface area contributed by atoms with Gasteiger partial charge in [0.2, 0.25) is 0 Å². The molecule has 0 unspecified atom stereocenters. The van der Waals surface area contributed by atoms with Crippen LogP contribution in [0.3, 0.4) is 0 Å². The monoisotopic (exact) mass is 726 g/mol. The Morgan fingerprint density at radius 1 is 0.298 bits per heavy atom. The lowest BCUT2D eigenvalue weighted by atomic mass is 9.98. The summed E-state index contributed by atoms with van der Waals surface area (Å²) in [6.07, 6.45) is 0. The molecule has 0 radical (unpaired) electrons. The van der Waals surface area contributed by atoms with E-state index >= 15 is 0 Å². The average molecular weight is 727 g/mol. The lowest BCUT2D eigenvalue weighted by molar-refractivity contribution is 1.18. The fourth-order valence-electron chi connectivity index (χ4n) is 8.22. The first-order valence-electron chi connectivity index (χ1n) is 19.3. The summed E-state index contributed by atoms with van der Waals surface area (Å²) in [6, 6.07) is 72.6. The smallest absolute Gasteiger partial charge is 0.160 e. The number of para-hydroxylation sites is 1. The Morgan fingerprint density at radius 2 is 0.825 bits per heavy atom. The molecule has 0 aliphatic carbocycles. The molecule has 0 spiro atoms. The molecule has 4 heteroatoms. The van der Waals surface area contributed by atoms with E-state index in [9.17, 15) is 0 Å². The molecule has 57 heavy (non-hydrogen) atoms. The van der Waals surface area contributed by atoms with Crippen molar-refractivity contribution in [2.24, 2.45) is 0 Å². The quantitative estimate of drug-likeness (QED) is 0.160. The van der Waals surface area contributed by atoms with Crippen LogP contribution < -0.4 is 0 Å². The zero-order chi connectivity index (χ0) is 37.7. The molecule has 4 nitrogen and oxygen atoms in total. The van der Waals surface area contributed by atoms with Crippen LogP contribution in [0.25, 0.3) is 105 Å². The molecule has 0 amide bonds. The summed E-state index contributed by atoms with van der Waals surface area (Å²) in [6.45, 7) is 0. The highest BCUT2D eigenvalue weighted by atomic mass is 15.0. The van der Waals surface area contributed by atoms with E-state index in [-0.39, 0.29) is 0 Å². The number of benzene rings is 8. The van der Waals surface area contributed by atoms with Crippen molar-refractivity contribution in [3.8, 4) is 62.0 Å². The minimum atomic E-state index is 0.711. The first-order valence-corrected chi connectivity index (χ1v) is 19.3. The predicted octanol–water partition coefficient (Wildman–Crippen LogP) is 13.6. The van der Waals surface area contributed by atoms with Crippen molar-refractivity contribution in [1.82, 2.24) is 19.5 Å². The van der Waals surface area contributed by atoms with Gasteiger partial charge >= 0.3 is 0 Å². The van der Waals surface area contributed by atoms with E-state index in [4.69, 9.17) is 15.0 Å². The molecular formula is C53H34N4. The summed E-state index contributed by atoms with van der Waals surface area (Å²) in [7, 11) is 0. The van der Waals surface area contributed by atoms with Gasteiger partial charge in [-0.3, -0.25) is 0 Å². The van der Waals surface area contributed by atoms with Crippen LogP contribution in [-0.4, -0.2) is 19.5 Å². The maximum atomic E-state index is 5.34. The van der Waals surface area contributed by atoms with Crippen LogP contribution in [0.15, 0.2) is 206 Å². The third kappa shape index (κ3) is 5.74. The third-order valence-corrected chi connectivity index (χ3v) is 11.0. The van der Waals surface area contributed by atoms with Crippen molar-refractivity contribution in [3.05, 3.63) is 206 Å². The number of pyridine rings is 1. The molecule has 3 aromatic heterocycles. The number of hydrogen-bond acceptors (Lipinski definition) is 3. The minimum absolute atomic E-state index is 0.711. The molecular weight excluding hydrogens is 693 g/mol. The molecule has 11 rings (SSSR count). The lowest BCUT2D eigenvalue weighted by Crippen LogP contribution is -1.96. The van der Waals surface area contributed by atoms with E-state index in [1.165, 1.54) is 16.2 Å². The summed E-state index contributed by atoms with van der Waals surface area (Å²) in [5, 5.41) is 5.86. The van der Waals surface area contributed by atoms with Crippen LogP contribution in [0.2, 0.25) is 0 Å². The fourth-order valence-corrected chi connectivity index (χ4v) is 8.22. The second kappa shape index (κ2) is 13.6. The van der Waals surface area contributed by atoms with Gasteiger partial charge < -0.3 is 4.57 Å². The highest BCUT2D eigenvalue weighted by Gasteiger charge is 2.18. The molecule has 266 valence electrons. The molecule has 3 heterocycles. The number of fused-ring (bicyclic) bond motifs is 6. The highest BCUT2D eigenvalue weighted by molar-refractivity contribution is 6.19. The van der Waals surface area contributed by atoms with Gasteiger partial charge in [0, 0.05) is 49.5 Å². The summed E-state index contributed by atoms with van der Waals surface area (Å²) in [5.74, 6) is 0.711. The van der Waals surface area contributed by atoms with Crippen molar-refractivity contribution in [1.29, 1.82) is 0 Å². The van der Waals surface area contributed by atoms with Crippen LogP contribution in [0.4, 0.5) is 0 Å². The molecule has 0 N–H and O–H groups in total. The van der Waals surface area contributed by atoms with Crippen LogP contribution in [0.5, 0.6) is 0 Å². The number of rotatable bonds is 6. The number of aromatic nitrogens is 4. The van der Waals surface area contributed by atoms with Crippen LogP contribution >= 0.6 is 0 Å². The molecule has 0 saturated carbocycles. The molecule has 0 saturated heterocycles. The summed E-state index contributed by atoms with van der Waals surface area (Å²) in [4.78, 5) is 15.4. The molecule has 0 bridgehead atoms. The van der Waals surface area contributed by atoms with Gasteiger partial charge in [-0.15, -0.1) is 0 Å². The van der Waals surface area contributed by atoms with E-state index in [2.05, 4.69) is 174 Å². The average Bonchev–Trinajstić information content (AvgIpc) is 3.61. The first-order chi connectivity index (χ1) is 28.2. The maximum Gasteiger partial charge on any atom is 0.160 e. The van der Waals surface area contributed by atoms with Gasteiger partial charge in [-0.2, -0.15) is 0 Å². The zero-order valence-corrected chi connectivity index (χ0v) is 30.9. The van der Waals surface area contributed by atoms with E-state index in [1.54, 1.807) is 0 Å². The Morgan fingerprint density at radius 3 is 1.51 bits per heavy atom. The van der Waals surface area contributed by atoms with Gasteiger partial charge in [0.1, 0.15) is 0 Å². The lowest BCUT2D eigenvalue weighted by Gasteiger charge is -2.12. The normalized spacial score (nSPS) is 11.5. The van der Waals surface area contributed by atoms with E-state index in [0.29, 0.717) is 5.82 Å². The van der Waals surface area contributed by atoms with Gasteiger partial charge in [-0.05, 0) is 52.9 Å². The van der Waals surface area contributed by atoms with Crippen molar-refractivity contribution in [3.63, 3.8) is 0 Å². The maximum absolute atomic E-state index is 5.34. The molecule has 8 aromatic carbocycles. The second-order valence-electron chi connectivity index (χ2n) is 14.4. The Kier molecular flexibility index (Phi) is 7.78. The molecule has 0 aliphatic heterocycles. The molecule has 11 aromatic rings. The molecule has 0 aliphatic rings. The van der Waals surface area contributed by atoms with Gasteiger partial charge in [0.05, 0.1) is 33.6 Å². The Hall–Kier alpha value is -7.69. The molecule has 0 fully saturated rings. The summed E-state index contributed by atoms with van der Waals surface area (Å²) < 4.78 is 2.40. The van der Waals surface area contributed by atoms with E-state index in [0.717, 1.165) is 83.5 Å². The number of hydrogen-bond donors (Lipinski definition) is 0. The predicted molar refractivity (Wildman–Crippen MR) is 236 cm³/mol. The van der Waals surface area contributed by atoms with Gasteiger partial charge in [-0.1, -0.05) is 170 Å². The third-order valence-electron chi connectivity index (χ3n) is 11.0. The van der Waals surface area contributed by atoms with Crippen molar-refractivity contribution in [2.75, 3.05) is 0 Å². The van der Waals surface area contributed by atoms with Crippen LogP contribution in [0.1, 0.15) is 0 Å². The molecule has 0 atom stereocenters. The summed E-state index contributed by atoms with van der Waals surface area (Å²) >= 11 is 0. The Labute approximate surface area is 330 Å². The minimum Gasteiger partial charge on any atom is -0.309 e. The Balaban J connectivity index is 1.06. The van der Waals surface area contributed by atoms with Crippen LogP contribution in [0, 0.1) is 0 Å². The van der Waals surface area contributed by atoms with Crippen molar-refractivity contribution < 1.29 is 0 Å². The van der Waals surface area contributed by atoms with E-state index < -0.39 is 0 Å². The second-order valence-corrected chi connectivity index (χ2v) is 14.4. The van der Waals surface area contributed by atoms with Crippen molar-refractivity contribution >= 4 is 43.5 Å². The van der Waals surface area contributed by atoms with E-state index in [1.807, 2.05) is 36.4 Å². The van der Waals surface area contributed by atoms with Gasteiger partial charge in [0.15, 0.2) is 5.82 Å². The topological polar surface area (TPSA) is 43.6 Å². The largest absolute Gasteiger partial charge is 0.309 e. The fraction of sp³-hybridized carbons (Fsp3) is 0. The van der Waals surface area contributed by atoms with Crippen molar-refractivity contribution in [2.45, 2.75) is 0 Å². The highest BCUT2D eigenvalue weighted by Crippen LogP contribution is 2.40. The standard InChI is InChI=1S/C53H34N4/c1-5-15-36(16-6-1)47-34-48(56-53(55-47)39-19-9-3-10-20-39)37-27-25-35(26-28-37)40-29-30-43-46-32-49-45(33-51(46)57(50(43)31-40)41-21-11-4-12-22-41)42-23-13-14-24-44(42)52(54-49)38-17-7-2-8-18-38/h1-34H. The van der Waals surface area contributed by atoms with Crippen LogP contribution in [-0.2, 0) is 0 Å². The SMILES string of the molecule is c1ccc(-c2cc(-c3ccc(-c4ccc5c6cc7nc(-c8ccccc8)c8ccccc8c7cc6n(-c6ccccc6)c5c4)cc3)nc(-c3ccccc3)n2)cc1. The van der Waals surface area contributed by atoms with Gasteiger partial charge in [0.25, 0.3) is 0 Å². The zero-order valence-electron chi connectivity index (χ0n) is 30.9.